The van der Waals surface area contributed by atoms with Gasteiger partial charge in [-0.25, -0.2) is 0 Å². The van der Waals surface area contributed by atoms with Crippen molar-refractivity contribution in [2.45, 2.75) is 58.3 Å². The van der Waals surface area contributed by atoms with Crippen molar-refractivity contribution in [2.75, 3.05) is 6.54 Å². The number of hydrogen-bond acceptors (Lipinski definition) is 3. The summed E-state index contributed by atoms with van der Waals surface area (Å²) in [6.45, 7) is 11.8. The van der Waals surface area contributed by atoms with Gasteiger partial charge in [-0.15, -0.1) is 0 Å². The molecule has 0 saturated carbocycles. The second-order valence-corrected chi connectivity index (χ2v) is 6.57. The van der Waals surface area contributed by atoms with Gasteiger partial charge in [0.15, 0.2) is 0 Å². The number of pyridine rings is 1. The first-order chi connectivity index (χ1) is 8.86. The Kier molecular flexibility index (Phi) is 3.98. The van der Waals surface area contributed by atoms with Gasteiger partial charge in [-0.2, -0.15) is 0 Å². The van der Waals surface area contributed by atoms with Crippen molar-refractivity contribution in [3.05, 3.63) is 30.1 Å². The van der Waals surface area contributed by atoms with E-state index in [1.54, 1.807) is 0 Å². The molecule has 19 heavy (non-hydrogen) atoms. The monoisotopic (exact) mass is 262 g/mol. The van der Waals surface area contributed by atoms with Crippen LogP contribution in [0.5, 0.6) is 0 Å². The van der Waals surface area contributed by atoms with Crippen LogP contribution in [0, 0.1) is 5.92 Å². The molecule has 2 rings (SSSR count). The van der Waals surface area contributed by atoms with E-state index >= 15 is 0 Å². The molecule has 1 aromatic heterocycles. The molecule has 0 aliphatic carbocycles. The molecule has 106 valence electrons. The van der Waals surface area contributed by atoms with Gasteiger partial charge in [0.05, 0.1) is 22.9 Å². The van der Waals surface area contributed by atoms with Crippen molar-refractivity contribution in [1.82, 2.24) is 10.3 Å². The number of ether oxygens (including phenoxy) is 1. The molecule has 2 heterocycles. The summed E-state index contributed by atoms with van der Waals surface area (Å²) in [5.41, 5.74) is 0.925. The van der Waals surface area contributed by atoms with E-state index in [0.717, 1.165) is 18.7 Å². The van der Waals surface area contributed by atoms with Crippen LogP contribution in [0.4, 0.5) is 0 Å². The Balaban J connectivity index is 2.30. The predicted octanol–water partition coefficient (Wildman–Crippen LogP) is 3.33. The van der Waals surface area contributed by atoms with E-state index in [2.05, 4.69) is 57.1 Å². The Morgan fingerprint density at radius 3 is 2.58 bits per heavy atom. The Morgan fingerprint density at radius 2 is 2.11 bits per heavy atom. The minimum absolute atomic E-state index is 0.0589. The summed E-state index contributed by atoms with van der Waals surface area (Å²) in [6, 6.07) is 6.38. The first-order valence-corrected chi connectivity index (χ1v) is 7.20. The zero-order chi connectivity index (χ0) is 14.1. The molecule has 1 fully saturated rings. The summed E-state index contributed by atoms with van der Waals surface area (Å²) in [7, 11) is 0. The molecule has 1 N–H and O–H groups in total. The molecule has 3 heteroatoms. The van der Waals surface area contributed by atoms with Crippen LogP contribution in [-0.2, 0) is 4.74 Å². The highest BCUT2D eigenvalue weighted by atomic mass is 16.5. The maximum Gasteiger partial charge on any atom is 0.0681 e. The number of rotatable bonds is 4. The molecule has 2 unspecified atom stereocenters. The van der Waals surface area contributed by atoms with Crippen LogP contribution >= 0.6 is 0 Å². The summed E-state index contributed by atoms with van der Waals surface area (Å²) >= 11 is 0. The summed E-state index contributed by atoms with van der Waals surface area (Å²) in [6.07, 6.45) is 2.92. The fourth-order valence-corrected chi connectivity index (χ4v) is 3.36. The third-order valence-corrected chi connectivity index (χ3v) is 3.98. The Labute approximate surface area is 116 Å². The van der Waals surface area contributed by atoms with Crippen molar-refractivity contribution in [1.29, 1.82) is 0 Å². The molecule has 2 atom stereocenters. The van der Waals surface area contributed by atoms with Gasteiger partial charge in [-0.05, 0) is 52.8 Å². The fraction of sp³-hybridized carbons (Fsp3) is 0.688. The van der Waals surface area contributed by atoms with Gasteiger partial charge in [-0.3, -0.25) is 4.98 Å². The maximum atomic E-state index is 6.23. The van der Waals surface area contributed by atoms with Gasteiger partial charge in [0.25, 0.3) is 0 Å². The van der Waals surface area contributed by atoms with Crippen LogP contribution < -0.4 is 5.32 Å². The zero-order valence-corrected chi connectivity index (χ0v) is 12.7. The second kappa shape index (κ2) is 5.22. The van der Waals surface area contributed by atoms with E-state index < -0.39 is 0 Å². The third kappa shape index (κ3) is 3.15. The molecular weight excluding hydrogens is 236 g/mol. The Hall–Kier alpha value is -0.930. The average Bonchev–Trinajstić information content (AvgIpc) is 2.55. The summed E-state index contributed by atoms with van der Waals surface area (Å²) in [5.74, 6) is 0.428. The van der Waals surface area contributed by atoms with Gasteiger partial charge < -0.3 is 10.1 Å². The van der Waals surface area contributed by atoms with Gasteiger partial charge in [0.1, 0.15) is 0 Å². The molecule has 1 aliphatic rings. The minimum Gasteiger partial charge on any atom is -0.369 e. The van der Waals surface area contributed by atoms with Gasteiger partial charge in [0.2, 0.25) is 0 Å². The number of nitrogens with one attached hydrogen (secondary N) is 1. The highest BCUT2D eigenvalue weighted by Gasteiger charge is 2.49. The lowest BCUT2D eigenvalue weighted by Gasteiger charge is -2.33. The van der Waals surface area contributed by atoms with Crippen molar-refractivity contribution < 1.29 is 4.74 Å². The number of nitrogens with zero attached hydrogens (tertiary/aromatic N) is 1. The molecule has 0 spiro atoms. The van der Waals surface area contributed by atoms with Crippen molar-refractivity contribution in [3.63, 3.8) is 0 Å². The third-order valence-electron chi connectivity index (χ3n) is 3.98. The highest BCUT2D eigenvalue weighted by Crippen LogP contribution is 2.47. The largest absolute Gasteiger partial charge is 0.369 e. The number of aromatic nitrogens is 1. The van der Waals surface area contributed by atoms with E-state index in [1.807, 2.05) is 12.3 Å². The Bertz CT molecular complexity index is 414. The van der Waals surface area contributed by atoms with Crippen LogP contribution in [0.1, 0.15) is 52.8 Å². The van der Waals surface area contributed by atoms with E-state index in [4.69, 9.17) is 4.74 Å². The summed E-state index contributed by atoms with van der Waals surface area (Å²) < 4.78 is 6.23. The lowest BCUT2D eigenvalue weighted by atomic mass is 9.80. The highest BCUT2D eigenvalue weighted by molar-refractivity contribution is 5.14. The molecule has 3 nitrogen and oxygen atoms in total. The van der Waals surface area contributed by atoms with Crippen LogP contribution in [0.3, 0.4) is 0 Å². The standard InChI is InChI=1S/C16H26N2O/c1-6-17-14(13-9-7-8-10-18-13)12-11-15(2,3)19-16(12,4)5/h7-10,12,14,17H,6,11H2,1-5H3. The summed E-state index contributed by atoms with van der Waals surface area (Å²) in [4.78, 5) is 4.54. The van der Waals surface area contributed by atoms with E-state index in [9.17, 15) is 0 Å². The molecule has 0 amide bonds. The zero-order valence-electron chi connectivity index (χ0n) is 12.7. The van der Waals surface area contributed by atoms with E-state index in [0.29, 0.717) is 5.92 Å². The first kappa shape index (κ1) is 14.5. The predicted molar refractivity (Wildman–Crippen MR) is 78.0 cm³/mol. The van der Waals surface area contributed by atoms with Crippen LogP contribution in [0.25, 0.3) is 0 Å². The summed E-state index contributed by atoms with van der Waals surface area (Å²) in [5, 5.41) is 3.59. The fourth-order valence-electron chi connectivity index (χ4n) is 3.36. The first-order valence-electron chi connectivity index (χ1n) is 7.20. The molecule has 0 radical (unpaired) electrons. The SMILES string of the molecule is CCNC(c1ccccn1)C1CC(C)(C)OC1(C)C. The van der Waals surface area contributed by atoms with Crippen molar-refractivity contribution >= 4 is 0 Å². The smallest absolute Gasteiger partial charge is 0.0681 e. The van der Waals surface area contributed by atoms with Crippen LogP contribution in [0.15, 0.2) is 24.4 Å². The van der Waals surface area contributed by atoms with E-state index in [-0.39, 0.29) is 17.2 Å². The molecule has 1 aliphatic heterocycles. The van der Waals surface area contributed by atoms with Crippen LogP contribution in [0.2, 0.25) is 0 Å². The van der Waals surface area contributed by atoms with Crippen molar-refractivity contribution in [2.24, 2.45) is 5.92 Å². The van der Waals surface area contributed by atoms with Crippen molar-refractivity contribution in [3.8, 4) is 0 Å². The lowest BCUT2D eigenvalue weighted by molar-refractivity contribution is -0.0779. The van der Waals surface area contributed by atoms with Gasteiger partial charge in [0, 0.05) is 12.1 Å². The maximum absolute atomic E-state index is 6.23. The molecular formula is C16H26N2O. The lowest BCUT2D eigenvalue weighted by Crippen LogP contribution is -2.38. The quantitative estimate of drug-likeness (QED) is 0.903. The molecule has 1 saturated heterocycles. The number of hydrogen-bond donors (Lipinski definition) is 1. The van der Waals surface area contributed by atoms with Crippen LogP contribution in [-0.4, -0.2) is 22.7 Å². The van der Waals surface area contributed by atoms with Gasteiger partial charge >= 0.3 is 0 Å². The minimum atomic E-state index is -0.131. The Morgan fingerprint density at radius 1 is 1.37 bits per heavy atom. The molecule has 0 aromatic carbocycles. The molecule has 1 aromatic rings. The van der Waals surface area contributed by atoms with E-state index in [1.165, 1.54) is 0 Å². The average molecular weight is 262 g/mol. The normalized spacial score (nSPS) is 26.3. The second-order valence-electron chi connectivity index (χ2n) is 6.57. The topological polar surface area (TPSA) is 34.2 Å². The molecule has 0 bridgehead atoms. The van der Waals surface area contributed by atoms with Gasteiger partial charge in [-0.1, -0.05) is 13.0 Å².